The Morgan fingerprint density at radius 2 is 2.05 bits per heavy atom. The minimum Gasteiger partial charge on any atom is -0.481 e. The molecule has 6 heteroatoms. The first-order valence-electron chi connectivity index (χ1n) is 7.30. The molecule has 0 saturated carbocycles. The van der Waals surface area contributed by atoms with E-state index in [1.54, 1.807) is 7.11 Å². The number of rotatable bonds is 3. The van der Waals surface area contributed by atoms with Crippen LogP contribution in [-0.2, 0) is 6.54 Å². The van der Waals surface area contributed by atoms with E-state index in [1.807, 2.05) is 25.2 Å². The number of pyridine rings is 1. The zero-order valence-corrected chi connectivity index (χ0v) is 16.6. The molecule has 0 unspecified atom stereocenters. The molecule has 0 amide bonds. The molecular formula is C16H27IN4O. The topological polar surface area (TPSA) is 49.8 Å². The number of hydrogen-bond acceptors (Lipinski definition) is 3. The average Bonchev–Trinajstić information content (AvgIpc) is 2.47. The molecule has 0 aromatic carbocycles. The van der Waals surface area contributed by atoms with Crippen LogP contribution in [0.15, 0.2) is 23.2 Å². The molecule has 5 nitrogen and oxygen atoms in total. The van der Waals surface area contributed by atoms with E-state index < -0.39 is 0 Å². The zero-order chi connectivity index (χ0) is 15.7. The molecule has 2 rings (SSSR count). The van der Waals surface area contributed by atoms with Gasteiger partial charge in [0.15, 0.2) is 5.96 Å². The normalized spacial score (nSPS) is 19.0. The molecule has 1 saturated heterocycles. The lowest BCUT2D eigenvalue weighted by molar-refractivity contribution is -0.0668. The maximum Gasteiger partial charge on any atom is 0.213 e. The molecule has 0 bridgehead atoms. The van der Waals surface area contributed by atoms with E-state index in [0.29, 0.717) is 17.8 Å². The number of methoxy groups -OCH3 is 1. The monoisotopic (exact) mass is 418 g/mol. The van der Waals surface area contributed by atoms with Gasteiger partial charge in [0.05, 0.1) is 19.3 Å². The van der Waals surface area contributed by atoms with Crippen molar-refractivity contribution in [2.24, 2.45) is 10.4 Å². The lowest BCUT2D eigenvalue weighted by atomic mass is 9.65. The standard InChI is InChI=1S/C16H26N4O.HI/c1-15(2)11-20(16(15,3)4)14(17-5)18-10-12-8-7-9-13(19-12)21-6;/h7-9H,10-11H2,1-6H3,(H,17,18);1H. The van der Waals surface area contributed by atoms with E-state index in [9.17, 15) is 0 Å². The second-order valence-electron chi connectivity index (χ2n) is 6.60. The first-order chi connectivity index (χ1) is 9.81. The fourth-order valence-electron chi connectivity index (χ4n) is 2.53. The SMILES string of the molecule is CN=C(NCc1cccc(OC)n1)N1CC(C)(C)C1(C)C.I. The fourth-order valence-corrected chi connectivity index (χ4v) is 2.53. The van der Waals surface area contributed by atoms with Crippen molar-refractivity contribution in [3.8, 4) is 5.88 Å². The predicted octanol–water partition coefficient (Wildman–Crippen LogP) is 2.90. The third-order valence-corrected chi connectivity index (χ3v) is 4.77. The van der Waals surface area contributed by atoms with Crippen LogP contribution in [0.3, 0.4) is 0 Å². The molecule has 0 spiro atoms. The Labute approximate surface area is 150 Å². The first-order valence-corrected chi connectivity index (χ1v) is 7.30. The smallest absolute Gasteiger partial charge is 0.213 e. The molecule has 1 fully saturated rings. The van der Waals surface area contributed by atoms with Crippen LogP contribution in [0.4, 0.5) is 0 Å². The Hall–Kier alpha value is -1.05. The van der Waals surface area contributed by atoms with E-state index in [1.165, 1.54) is 0 Å². The van der Waals surface area contributed by atoms with E-state index >= 15 is 0 Å². The van der Waals surface area contributed by atoms with Crippen molar-refractivity contribution in [2.75, 3.05) is 20.7 Å². The van der Waals surface area contributed by atoms with Gasteiger partial charge in [-0.2, -0.15) is 0 Å². The minimum atomic E-state index is 0. The Bertz CT molecular complexity index is 543. The van der Waals surface area contributed by atoms with Crippen LogP contribution in [0, 0.1) is 5.41 Å². The summed E-state index contributed by atoms with van der Waals surface area (Å²) in [5, 5.41) is 3.39. The number of nitrogens with zero attached hydrogens (tertiary/aromatic N) is 3. The Morgan fingerprint density at radius 3 is 2.55 bits per heavy atom. The molecule has 1 aromatic heterocycles. The molecule has 0 aliphatic carbocycles. The lowest BCUT2D eigenvalue weighted by Crippen LogP contribution is -2.72. The summed E-state index contributed by atoms with van der Waals surface area (Å²) in [6, 6.07) is 5.77. The largest absolute Gasteiger partial charge is 0.481 e. The highest BCUT2D eigenvalue weighted by molar-refractivity contribution is 14.0. The van der Waals surface area contributed by atoms with E-state index in [-0.39, 0.29) is 29.5 Å². The van der Waals surface area contributed by atoms with Crippen molar-refractivity contribution >= 4 is 29.9 Å². The number of hydrogen-bond donors (Lipinski definition) is 1. The van der Waals surface area contributed by atoms with Gasteiger partial charge < -0.3 is 15.0 Å². The van der Waals surface area contributed by atoms with Crippen molar-refractivity contribution < 1.29 is 4.74 Å². The third-order valence-electron chi connectivity index (χ3n) is 4.77. The lowest BCUT2D eigenvalue weighted by Gasteiger charge is -2.62. The molecule has 124 valence electrons. The quantitative estimate of drug-likeness (QED) is 0.466. The van der Waals surface area contributed by atoms with Gasteiger partial charge in [-0.3, -0.25) is 4.99 Å². The average molecular weight is 418 g/mol. The number of likely N-dealkylation sites (tertiary alicyclic amines) is 1. The summed E-state index contributed by atoms with van der Waals surface area (Å²) in [7, 11) is 3.45. The Kier molecular flexibility index (Phi) is 6.06. The molecule has 1 aromatic rings. The van der Waals surface area contributed by atoms with Gasteiger partial charge in [-0.25, -0.2) is 4.98 Å². The summed E-state index contributed by atoms with van der Waals surface area (Å²) in [6.45, 7) is 10.7. The van der Waals surface area contributed by atoms with Gasteiger partial charge in [-0.1, -0.05) is 19.9 Å². The van der Waals surface area contributed by atoms with Crippen LogP contribution in [0.25, 0.3) is 0 Å². The van der Waals surface area contributed by atoms with Crippen LogP contribution in [-0.4, -0.2) is 42.1 Å². The van der Waals surface area contributed by atoms with Crippen LogP contribution < -0.4 is 10.1 Å². The summed E-state index contributed by atoms with van der Waals surface area (Å²) in [5.41, 5.74) is 1.32. The Balaban J connectivity index is 0.00000242. The van der Waals surface area contributed by atoms with Gasteiger partial charge in [0.25, 0.3) is 0 Å². The van der Waals surface area contributed by atoms with E-state index in [4.69, 9.17) is 4.74 Å². The van der Waals surface area contributed by atoms with Gasteiger partial charge in [0.2, 0.25) is 5.88 Å². The molecular weight excluding hydrogens is 391 g/mol. The van der Waals surface area contributed by atoms with Gasteiger partial charge in [-0.05, 0) is 19.9 Å². The van der Waals surface area contributed by atoms with E-state index in [0.717, 1.165) is 18.2 Å². The second-order valence-corrected chi connectivity index (χ2v) is 6.60. The number of halogens is 1. The van der Waals surface area contributed by atoms with Crippen LogP contribution >= 0.6 is 24.0 Å². The predicted molar refractivity (Wildman–Crippen MR) is 101 cm³/mol. The summed E-state index contributed by atoms with van der Waals surface area (Å²) in [5.74, 6) is 1.55. The maximum atomic E-state index is 5.15. The van der Waals surface area contributed by atoms with Crippen molar-refractivity contribution in [1.82, 2.24) is 15.2 Å². The maximum absolute atomic E-state index is 5.15. The molecule has 1 N–H and O–H groups in total. The Morgan fingerprint density at radius 1 is 1.36 bits per heavy atom. The highest BCUT2D eigenvalue weighted by Gasteiger charge is 2.53. The van der Waals surface area contributed by atoms with Crippen molar-refractivity contribution in [2.45, 2.75) is 39.8 Å². The number of nitrogens with one attached hydrogen (secondary N) is 1. The molecule has 2 heterocycles. The van der Waals surface area contributed by atoms with Crippen LogP contribution in [0.2, 0.25) is 0 Å². The van der Waals surface area contributed by atoms with Gasteiger partial charge >= 0.3 is 0 Å². The molecule has 22 heavy (non-hydrogen) atoms. The minimum absolute atomic E-state index is 0. The zero-order valence-electron chi connectivity index (χ0n) is 14.3. The summed E-state index contributed by atoms with van der Waals surface area (Å²) >= 11 is 0. The number of aliphatic imine (C=N–C) groups is 1. The molecule has 0 radical (unpaired) electrons. The van der Waals surface area contributed by atoms with Crippen LogP contribution in [0.1, 0.15) is 33.4 Å². The van der Waals surface area contributed by atoms with Crippen LogP contribution in [0.5, 0.6) is 5.88 Å². The molecule has 1 aliphatic heterocycles. The molecule has 1 aliphatic rings. The summed E-state index contributed by atoms with van der Waals surface area (Å²) in [4.78, 5) is 11.1. The summed E-state index contributed by atoms with van der Waals surface area (Å²) in [6.07, 6.45) is 0. The highest BCUT2D eigenvalue weighted by Crippen LogP contribution is 2.46. The second kappa shape index (κ2) is 7.02. The number of guanidine groups is 1. The van der Waals surface area contributed by atoms with E-state index in [2.05, 4.69) is 47.9 Å². The molecule has 0 atom stereocenters. The van der Waals surface area contributed by atoms with Gasteiger partial charge in [0.1, 0.15) is 0 Å². The summed E-state index contributed by atoms with van der Waals surface area (Å²) < 4.78 is 5.15. The van der Waals surface area contributed by atoms with Crippen molar-refractivity contribution in [3.05, 3.63) is 23.9 Å². The number of ether oxygens (including phenoxy) is 1. The fraction of sp³-hybridized carbons (Fsp3) is 0.625. The third kappa shape index (κ3) is 3.47. The van der Waals surface area contributed by atoms with Gasteiger partial charge in [0, 0.05) is 30.6 Å². The van der Waals surface area contributed by atoms with Crippen molar-refractivity contribution in [1.29, 1.82) is 0 Å². The van der Waals surface area contributed by atoms with Gasteiger partial charge in [-0.15, -0.1) is 24.0 Å². The van der Waals surface area contributed by atoms with Crippen molar-refractivity contribution in [3.63, 3.8) is 0 Å². The number of aromatic nitrogens is 1. The first kappa shape index (κ1) is 19.0. The highest BCUT2D eigenvalue weighted by atomic mass is 127.